The van der Waals surface area contributed by atoms with Crippen LogP contribution in [0.15, 0.2) is 54.9 Å². The summed E-state index contributed by atoms with van der Waals surface area (Å²) in [6.45, 7) is 1.81. The topological polar surface area (TPSA) is 106 Å². The highest BCUT2D eigenvalue weighted by molar-refractivity contribution is 6.33. The highest BCUT2D eigenvalue weighted by atomic mass is 35.5. The lowest BCUT2D eigenvalue weighted by Gasteiger charge is -2.14. The second kappa shape index (κ2) is 8.51. The molecule has 0 bridgehead atoms. The van der Waals surface area contributed by atoms with Gasteiger partial charge in [0.15, 0.2) is 0 Å². The van der Waals surface area contributed by atoms with Crippen molar-refractivity contribution in [2.45, 2.75) is 13.1 Å². The van der Waals surface area contributed by atoms with E-state index in [2.05, 4.69) is 25.6 Å². The molecule has 2 N–H and O–H groups in total. The molecule has 0 saturated heterocycles. The molecule has 0 amide bonds. The van der Waals surface area contributed by atoms with Crippen molar-refractivity contribution in [2.75, 3.05) is 10.6 Å². The smallest absolute Gasteiger partial charge is 0.333 e. The van der Waals surface area contributed by atoms with Gasteiger partial charge in [0, 0.05) is 11.1 Å². The van der Waals surface area contributed by atoms with Gasteiger partial charge < -0.3 is 10.6 Å². The summed E-state index contributed by atoms with van der Waals surface area (Å²) < 4.78 is 39.3. The third-order valence-corrected chi connectivity index (χ3v) is 4.99. The Bertz CT molecular complexity index is 1380. The number of nitro groups is 1. The fourth-order valence-electron chi connectivity index (χ4n) is 3.13. The second-order valence-electron chi connectivity index (χ2n) is 6.95. The summed E-state index contributed by atoms with van der Waals surface area (Å²) in [5, 5.41) is 18.0. The van der Waals surface area contributed by atoms with Gasteiger partial charge in [-0.05, 0) is 37.3 Å². The molecule has 0 aliphatic carbocycles. The number of anilines is 4. The maximum absolute atomic E-state index is 13.1. The molecule has 8 nitrogen and oxygen atoms in total. The Labute approximate surface area is 189 Å². The van der Waals surface area contributed by atoms with E-state index in [1.165, 1.54) is 0 Å². The molecule has 2 aromatic heterocycles. The predicted molar refractivity (Wildman–Crippen MR) is 118 cm³/mol. The number of halogens is 4. The molecule has 0 aliphatic heterocycles. The van der Waals surface area contributed by atoms with Gasteiger partial charge in [-0.2, -0.15) is 13.2 Å². The van der Waals surface area contributed by atoms with E-state index in [1.54, 1.807) is 12.1 Å². The Morgan fingerprint density at radius 2 is 1.70 bits per heavy atom. The average molecular weight is 475 g/mol. The number of aryl methyl sites for hydroxylation is 1. The number of hydrogen-bond donors (Lipinski definition) is 2. The highest BCUT2D eigenvalue weighted by Gasteiger charge is 2.31. The summed E-state index contributed by atoms with van der Waals surface area (Å²) in [5.41, 5.74) is 0.0383. The van der Waals surface area contributed by atoms with Crippen LogP contribution in [0.2, 0.25) is 5.02 Å². The fraction of sp³-hybridized carbons (Fsp3) is 0.0952. The maximum Gasteiger partial charge on any atom is 0.416 e. The summed E-state index contributed by atoms with van der Waals surface area (Å²) >= 11 is 6.01. The molecule has 0 saturated carbocycles. The van der Waals surface area contributed by atoms with Crippen molar-refractivity contribution in [1.29, 1.82) is 0 Å². The van der Waals surface area contributed by atoms with Gasteiger partial charge in [0.05, 0.1) is 32.4 Å². The molecule has 33 heavy (non-hydrogen) atoms. The Morgan fingerprint density at radius 1 is 1.00 bits per heavy atom. The van der Waals surface area contributed by atoms with Crippen molar-refractivity contribution < 1.29 is 18.1 Å². The van der Waals surface area contributed by atoms with E-state index >= 15 is 0 Å². The predicted octanol–water partition coefficient (Wildman–Crippen LogP) is 6.40. The normalized spacial score (nSPS) is 11.4. The summed E-state index contributed by atoms with van der Waals surface area (Å²) in [6.07, 6.45) is -3.58. The zero-order chi connectivity index (χ0) is 23.8. The van der Waals surface area contributed by atoms with Gasteiger partial charge in [0.2, 0.25) is 11.6 Å². The van der Waals surface area contributed by atoms with Crippen LogP contribution >= 0.6 is 11.6 Å². The van der Waals surface area contributed by atoms with Crippen LogP contribution in [0.3, 0.4) is 0 Å². The molecule has 4 aromatic rings. The molecule has 0 radical (unpaired) electrons. The van der Waals surface area contributed by atoms with Gasteiger partial charge in [0.25, 0.3) is 0 Å². The van der Waals surface area contributed by atoms with Crippen LogP contribution in [0.5, 0.6) is 0 Å². The number of benzene rings is 2. The third kappa shape index (κ3) is 4.62. The first-order chi connectivity index (χ1) is 15.6. The van der Waals surface area contributed by atoms with E-state index < -0.39 is 22.4 Å². The van der Waals surface area contributed by atoms with Gasteiger partial charge in [0.1, 0.15) is 6.33 Å². The molecule has 0 atom stereocenters. The SMILES string of the molecule is Cc1ccc2cccc(Nc3ncnc(Nc4cc(C(F)(F)F)ccc4Cl)c3[N+](=O)[O-])c2n1. The lowest BCUT2D eigenvalue weighted by atomic mass is 10.1. The monoisotopic (exact) mass is 474 g/mol. The maximum atomic E-state index is 13.1. The highest BCUT2D eigenvalue weighted by Crippen LogP contribution is 2.38. The molecular formula is C21H14ClF3N6O2. The minimum absolute atomic E-state index is 0.0702. The van der Waals surface area contributed by atoms with E-state index in [-0.39, 0.29) is 22.3 Å². The molecule has 0 unspecified atom stereocenters. The Kier molecular flexibility index (Phi) is 5.73. The van der Waals surface area contributed by atoms with E-state index in [1.807, 2.05) is 25.1 Å². The molecule has 2 aromatic carbocycles. The summed E-state index contributed by atoms with van der Waals surface area (Å²) in [5.74, 6) is -0.500. The molecule has 4 rings (SSSR count). The van der Waals surface area contributed by atoms with Crippen molar-refractivity contribution in [2.24, 2.45) is 0 Å². The van der Waals surface area contributed by atoms with Gasteiger partial charge in [-0.3, -0.25) is 15.1 Å². The van der Waals surface area contributed by atoms with Gasteiger partial charge in [-0.25, -0.2) is 9.97 Å². The van der Waals surface area contributed by atoms with E-state index in [9.17, 15) is 23.3 Å². The van der Waals surface area contributed by atoms with Crippen molar-refractivity contribution in [3.05, 3.63) is 81.3 Å². The molecule has 0 spiro atoms. The number of pyridine rings is 1. The second-order valence-corrected chi connectivity index (χ2v) is 7.36. The van der Waals surface area contributed by atoms with Gasteiger partial charge >= 0.3 is 11.9 Å². The first kappa shape index (κ1) is 22.2. The molecule has 12 heteroatoms. The molecule has 0 fully saturated rings. The zero-order valence-corrected chi connectivity index (χ0v) is 17.6. The summed E-state index contributed by atoms with van der Waals surface area (Å²) in [4.78, 5) is 23.4. The lowest BCUT2D eigenvalue weighted by Crippen LogP contribution is -2.08. The number of fused-ring (bicyclic) bond motifs is 1. The summed E-state index contributed by atoms with van der Waals surface area (Å²) in [7, 11) is 0. The van der Waals surface area contributed by atoms with Crippen LogP contribution in [0.1, 0.15) is 11.3 Å². The molecular weight excluding hydrogens is 461 g/mol. The van der Waals surface area contributed by atoms with Gasteiger partial charge in [-0.15, -0.1) is 0 Å². The number of para-hydroxylation sites is 1. The standard InChI is InChI=1S/C21H14ClF3N6O2/c1-11-5-6-12-3-2-4-15(17(12)28-11)29-19-18(31(32)33)20(27-10-26-19)30-16-9-13(21(23,24)25)7-8-14(16)22/h2-10H,1H3,(H2,26,27,29,30). The Balaban J connectivity index is 1.77. The molecule has 0 aliphatic rings. The largest absolute Gasteiger partial charge is 0.416 e. The number of aromatic nitrogens is 3. The van der Waals surface area contributed by atoms with Crippen molar-refractivity contribution in [3.63, 3.8) is 0 Å². The lowest BCUT2D eigenvalue weighted by molar-refractivity contribution is -0.383. The van der Waals surface area contributed by atoms with Crippen LogP contribution in [-0.2, 0) is 6.18 Å². The number of nitrogens with zero attached hydrogens (tertiary/aromatic N) is 4. The average Bonchev–Trinajstić information content (AvgIpc) is 2.75. The van der Waals surface area contributed by atoms with Crippen LogP contribution in [0.4, 0.5) is 41.9 Å². The minimum Gasteiger partial charge on any atom is -0.333 e. The first-order valence-corrected chi connectivity index (χ1v) is 9.78. The van der Waals surface area contributed by atoms with Crippen molar-refractivity contribution in [3.8, 4) is 0 Å². The Morgan fingerprint density at radius 3 is 2.36 bits per heavy atom. The van der Waals surface area contributed by atoms with Crippen LogP contribution < -0.4 is 10.6 Å². The summed E-state index contributed by atoms with van der Waals surface area (Å²) in [6, 6.07) is 11.6. The van der Waals surface area contributed by atoms with E-state index in [0.29, 0.717) is 11.2 Å². The number of alkyl halides is 3. The van der Waals surface area contributed by atoms with Crippen LogP contribution in [-0.4, -0.2) is 19.9 Å². The molecule has 2 heterocycles. The minimum atomic E-state index is -4.62. The zero-order valence-electron chi connectivity index (χ0n) is 16.8. The van der Waals surface area contributed by atoms with E-state index in [4.69, 9.17) is 11.6 Å². The Hall–Kier alpha value is -3.99. The fourth-order valence-corrected chi connectivity index (χ4v) is 3.30. The van der Waals surface area contributed by atoms with E-state index in [0.717, 1.165) is 35.6 Å². The van der Waals surface area contributed by atoms with Gasteiger partial charge in [-0.1, -0.05) is 29.8 Å². The quantitative estimate of drug-likeness (QED) is 0.254. The van der Waals surface area contributed by atoms with Crippen LogP contribution in [0.25, 0.3) is 10.9 Å². The first-order valence-electron chi connectivity index (χ1n) is 9.40. The third-order valence-electron chi connectivity index (χ3n) is 4.66. The molecule has 168 valence electrons. The number of nitrogens with one attached hydrogen (secondary N) is 2. The van der Waals surface area contributed by atoms with Crippen molar-refractivity contribution in [1.82, 2.24) is 15.0 Å². The van der Waals surface area contributed by atoms with Crippen LogP contribution in [0, 0.1) is 17.0 Å². The number of rotatable bonds is 5. The number of hydrogen-bond acceptors (Lipinski definition) is 7. The van der Waals surface area contributed by atoms with Crippen molar-refractivity contribution >= 4 is 51.2 Å².